The molecule has 0 aromatic carbocycles. The molecule has 3 radical (unpaired) electrons. The summed E-state index contributed by atoms with van der Waals surface area (Å²) in [6.07, 6.45) is 0.545. The van der Waals surface area contributed by atoms with E-state index < -0.39 is 0 Å². The van der Waals surface area contributed by atoms with E-state index in [4.69, 9.17) is 6.92 Å². The molecule has 1 aliphatic rings. The van der Waals surface area contributed by atoms with Gasteiger partial charge >= 0.3 is 0 Å². The van der Waals surface area contributed by atoms with E-state index in [1.807, 2.05) is 0 Å². The SMILES string of the molecule is [C]CCN1CCN(C)CC1. The molecule has 0 saturated carbocycles. The van der Waals surface area contributed by atoms with Gasteiger partial charge in [-0.25, -0.2) is 0 Å². The summed E-state index contributed by atoms with van der Waals surface area (Å²) in [4.78, 5) is 4.69. The maximum Gasteiger partial charge on any atom is 0.0110 e. The molecule has 0 atom stereocenters. The molecule has 1 heterocycles. The monoisotopic (exact) mass is 139 g/mol. The van der Waals surface area contributed by atoms with Crippen LogP contribution in [0.3, 0.4) is 0 Å². The maximum atomic E-state index is 7.03. The van der Waals surface area contributed by atoms with Crippen molar-refractivity contribution in [3.8, 4) is 0 Å². The molecule has 57 valence electrons. The number of likely N-dealkylation sites (N-methyl/N-ethyl adjacent to an activating group) is 1. The lowest BCUT2D eigenvalue weighted by molar-refractivity contribution is 0.156. The van der Waals surface area contributed by atoms with Gasteiger partial charge in [0.25, 0.3) is 0 Å². The Labute approximate surface area is 63.8 Å². The van der Waals surface area contributed by atoms with Crippen LogP contribution in [0, 0.1) is 6.92 Å². The van der Waals surface area contributed by atoms with Gasteiger partial charge in [0, 0.05) is 26.2 Å². The molecule has 1 rings (SSSR count). The van der Waals surface area contributed by atoms with E-state index in [0.29, 0.717) is 6.42 Å². The third-order valence-corrected chi connectivity index (χ3v) is 2.02. The summed E-state index contributed by atoms with van der Waals surface area (Å²) < 4.78 is 0. The molecule has 0 aromatic heterocycles. The molecule has 0 unspecified atom stereocenters. The van der Waals surface area contributed by atoms with Crippen LogP contribution in [0.25, 0.3) is 0 Å². The van der Waals surface area contributed by atoms with Crippen LogP contribution >= 0.6 is 0 Å². The molecular weight excluding hydrogens is 124 g/mol. The van der Waals surface area contributed by atoms with Crippen LogP contribution < -0.4 is 0 Å². The van der Waals surface area contributed by atoms with Crippen LogP contribution in [-0.2, 0) is 0 Å². The fourth-order valence-corrected chi connectivity index (χ4v) is 1.23. The summed E-state index contributed by atoms with van der Waals surface area (Å²) in [7, 11) is 2.15. The van der Waals surface area contributed by atoms with Crippen LogP contribution in [-0.4, -0.2) is 49.6 Å². The van der Waals surface area contributed by atoms with Crippen molar-refractivity contribution in [2.24, 2.45) is 0 Å². The molecule has 10 heavy (non-hydrogen) atoms. The van der Waals surface area contributed by atoms with Gasteiger partial charge < -0.3 is 9.80 Å². The topological polar surface area (TPSA) is 6.48 Å². The second kappa shape index (κ2) is 3.94. The number of hydrogen-bond donors (Lipinski definition) is 0. The predicted molar refractivity (Wildman–Crippen MR) is 41.8 cm³/mol. The Morgan fingerprint density at radius 1 is 1.20 bits per heavy atom. The van der Waals surface area contributed by atoms with Crippen molar-refractivity contribution in [2.75, 3.05) is 39.8 Å². The minimum absolute atomic E-state index is 0.545. The van der Waals surface area contributed by atoms with Crippen molar-refractivity contribution >= 4 is 0 Å². The van der Waals surface area contributed by atoms with Crippen LogP contribution in [0.2, 0.25) is 0 Å². The Morgan fingerprint density at radius 3 is 2.30 bits per heavy atom. The molecular formula is C8H15N2. The second-order valence-corrected chi connectivity index (χ2v) is 2.89. The van der Waals surface area contributed by atoms with Crippen molar-refractivity contribution in [3.05, 3.63) is 6.92 Å². The first-order valence-corrected chi connectivity index (χ1v) is 3.88. The number of nitrogens with zero attached hydrogens (tertiary/aromatic N) is 2. The highest BCUT2D eigenvalue weighted by Crippen LogP contribution is 1.98. The maximum absolute atomic E-state index is 7.03. The van der Waals surface area contributed by atoms with Crippen molar-refractivity contribution in [1.29, 1.82) is 0 Å². The molecule has 1 fully saturated rings. The molecule has 0 aliphatic carbocycles. The highest BCUT2D eigenvalue weighted by Gasteiger charge is 2.11. The fourth-order valence-electron chi connectivity index (χ4n) is 1.23. The van der Waals surface area contributed by atoms with Gasteiger partial charge in [-0.3, -0.25) is 0 Å². The van der Waals surface area contributed by atoms with Gasteiger partial charge in [-0.05, 0) is 26.9 Å². The molecule has 2 nitrogen and oxygen atoms in total. The Bertz CT molecular complexity index is 85.3. The van der Waals surface area contributed by atoms with Gasteiger partial charge in [-0.2, -0.15) is 0 Å². The van der Waals surface area contributed by atoms with E-state index in [2.05, 4.69) is 16.8 Å². The first-order chi connectivity index (χ1) is 4.83. The zero-order valence-corrected chi connectivity index (χ0v) is 6.64. The first kappa shape index (κ1) is 8.02. The summed E-state index contributed by atoms with van der Waals surface area (Å²) in [5.41, 5.74) is 0. The Balaban J connectivity index is 2.13. The molecule has 0 aromatic rings. The van der Waals surface area contributed by atoms with E-state index >= 15 is 0 Å². The van der Waals surface area contributed by atoms with Gasteiger partial charge in [0.15, 0.2) is 0 Å². The van der Waals surface area contributed by atoms with Gasteiger partial charge in [0.2, 0.25) is 0 Å². The van der Waals surface area contributed by atoms with Crippen LogP contribution in [0.4, 0.5) is 0 Å². The Kier molecular flexibility index (Phi) is 3.16. The summed E-state index contributed by atoms with van der Waals surface area (Å²) >= 11 is 0. The van der Waals surface area contributed by atoms with E-state index in [1.165, 1.54) is 13.1 Å². The van der Waals surface area contributed by atoms with Gasteiger partial charge in [0.05, 0.1) is 0 Å². The predicted octanol–water partition coefficient (Wildman–Crippen LogP) is 0.212. The lowest BCUT2D eigenvalue weighted by Crippen LogP contribution is -2.44. The summed E-state index contributed by atoms with van der Waals surface area (Å²) in [5, 5.41) is 0. The molecule has 1 aliphatic heterocycles. The molecule has 0 bridgehead atoms. The third kappa shape index (κ3) is 2.27. The highest BCUT2D eigenvalue weighted by molar-refractivity contribution is 4.68. The zero-order chi connectivity index (χ0) is 7.40. The highest BCUT2D eigenvalue weighted by atomic mass is 15.2. The molecule has 0 N–H and O–H groups in total. The van der Waals surface area contributed by atoms with Gasteiger partial charge in [0.1, 0.15) is 0 Å². The minimum Gasteiger partial charge on any atom is -0.304 e. The lowest BCUT2D eigenvalue weighted by atomic mass is 10.3. The first-order valence-electron chi connectivity index (χ1n) is 3.88. The van der Waals surface area contributed by atoms with E-state index in [1.54, 1.807) is 0 Å². The largest absolute Gasteiger partial charge is 0.304 e. The van der Waals surface area contributed by atoms with E-state index in [0.717, 1.165) is 19.6 Å². The molecule has 1 saturated heterocycles. The summed E-state index contributed by atoms with van der Waals surface area (Å²) in [5.74, 6) is 0. The smallest absolute Gasteiger partial charge is 0.0110 e. The van der Waals surface area contributed by atoms with E-state index in [9.17, 15) is 0 Å². The zero-order valence-electron chi connectivity index (χ0n) is 6.64. The van der Waals surface area contributed by atoms with Gasteiger partial charge in [-0.15, -0.1) is 0 Å². The number of hydrogen-bond acceptors (Lipinski definition) is 2. The standard InChI is InChI=1S/C8H15N2/c1-3-4-10-7-5-9(2)6-8-10/h3-8H2,2H3. The molecule has 2 heteroatoms. The van der Waals surface area contributed by atoms with Crippen molar-refractivity contribution in [3.63, 3.8) is 0 Å². The third-order valence-electron chi connectivity index (χ3n) is 2.02. The minimum atomic E-state index is 0.545. The van der Waals surface area contributed by atoms with Crippen LogP contribution in [0.5, 0.6) is 0 Å². The normalized spacial score (nSPS) is 23.4. The van der Waals surface area contributed by atoms with Crippen molar-refractivity contribution < 1.29 is 0 Å². The van der Waals surface area contributed by atoms with Gasteiger partial charge in [-0.1, -0.05) is 0 Å². The summed E-state index contributed by atoms with van der Waals surface area (Å²) in [6, 6.07) is 0. The van der Waals surface area contributed by atoms with Crippen LogP contribution in [0.1, 0.15) is 6.42 Å². The van der Waals surface area contributed by atoms with Crippen LogP contribution in [0.15, 0.2) is 0 Å². The number of rotatable bonds is 2. The van der Waals surface area contributed by atoms with Crippen molar-refractivity contribution in [2.45, 2.75) is 6.42 Å². The quantitative estimate of drug-likeness (QED) is 0.539. The van der Waals surface area contributed by atoms with Crippen molar-refractivity contribution in [1.82, 2.24) is 9.80 Å². The molecule has 0 spiro atoms. The fraction of sp³-hybridized carbons (Fsp3) is 0.875. The lowest BCUT2D eigenvalue weighted by Gasteiger charge is -2.31. The Morgan fingerprint density at radius 2 is 1.80 bits per heavy atom. The number of piperazine rings is 1. The summed E-state index contributed by atoms with van der Waals surface area (Å²) in [6.45, 7) is 12.6. The van der Waals surface area contributed by atoms with E-state index in [-0.39, 0.29) is 0 Å². The molecule has 0 amide bonds. The average molecular weight is 139 g/mol. The average Bonchev–Trinajstić information content (AvgIpc) is 1.95. The Hall–Kier alpha value is -0.0800. The second-order valence-electron chi connectivity index (χ2n) is 2.89.